The molecule has 36 heavy (non-hydrogen) atoms. The van der Waals surface area contributed by atoms with Crippen molar-refractivity contribution in [2.24, 2.45) is 0 Å². The third kappa shape index (κ3) is 6.80. The van der Waals surface area contributed by atoms with E-state index in [9.17, 15) is 23.4 Å². The summed E-state index contributed by atoms with van der Waals surface area (Å²) >= 11 is 2.70. The largest absolute Gasteiger partial charge is 0.480 e. The lowest BCUT2D eigenvalue weighted by atomic mass is 10.0. The van der Waals surface area contributed by atoms with E-state index in [1.54, 1.807) is 23.7 Å². The van der Waals surface area contributed by atoms with Crippen LogP contribution in [0.15, 0.2) is 99.7 Å². The fourth-order valence-electron chi connectivity index (χ4n) is 3.56. The molecule has 3 N–H and O–H groups in total. The first-order chi connectivity index (χ1) is 17.3. The summed E-state index contributed by atoms with van der Waals surface area (Å²) in [4.78, 5) is 15.7. The van der Waals surface area contributed by atoms with Crippen LogP contribution in [-0.4, -0.2) is 47.5 Å². The van der Waals surface area contributed by atoms with Crippen LogP contribution in [-0.2, 0) is 14.8 Å². The van der Waals surface area contributed by atoms with Gasteiger partial charge in [0, 0.05) is 23.8 Å². The third-order valence-corrected chi connectivity index (χ3v) is 9.00. The van der Waals surface area contributed by atoms with Crippen molar-refractivity contribution in [2.45, 2.75) is 27.8 Å². The van der Waals surface area contributed by atoms with Crippen molar-refractivity contribution in [3.63, 3.8) is 0 Å². The molecule has 2 unspecified atom stereocenters. The van der Waals surface area contributed by atoms with Crippen LogP contribution in [0.4, 0.5) is 0 Å². The van der Waals surface area contributed by atoms with Crippen LogP contribution in [0.3, 0.4) is 0 Å². The van der Waals surface area contributed by atoms with E-state index in [0.717, 1.165) is 26.6 Å². The molecule has 186 valence electrons. The molecular formula is C26H24N2O5S3. The molecule has 0 saturated carbocycles. The summed E-state index contributed by atoms with van der Waals surface area (Å²) < 4.78 is 28.7. The maximum Gasteiger partial charge on any atom is 0.321 e. The number of carboxylic acid groups (broad SMARTS) is 1. The van der Waals surface area contributed by atoms with Gasteiger partial charge in [-0.3, -0.25) is 4.79 Å². The molecule has 1 heterocycles. The van der Waals surface area contributed by atoms with Crippen LogP contribution >= 0.6 is 23.1 Å². The minimum Gasteiger partial charge on any atom is -0.480 e. The van der Waals surface area contributed by atoms with E-state index in [2.05, 4.69) is 9.71 Å². The highest BCUT2D eigenvalue weighted by Crippen LogP contribution is 2.26. The molecule has 0 aliphatic rings. The van der Waals surface area contributed by atoms with Crippen molar-refractivity contribution in [2.75, 3.05) is 5.75 Å². The standard InChI is InChI=1S/C26H24N2O5S3/c29-22(17-35-26-27-14-15-34-26)16-24(25(30)31)28-36(32,33)23-12-10-21(11-13-23)20-8-6-19(7-9-20)18-4-2-1-3-5-18/h1-15,22,24,28-29H,16-17H2,(H,30,31). The van der Waals surface area contributed by atoms with Crippen LogP contribution in [0, 0.1) is 0 Å². The zero-order valence-corrected chi connectivity index (χ0v) is 21.5. The molecule has 0 radical (unpaired) electrons. The highest BCUT2D eigenvalue weighted by atomic mass is 32.2. The quantitative estimate of drug-likeness (QED) is 0.235. The fourth-order valence-corrected chi connectivity index (χ4v) is 6.37. The van der Waals surface area contributed by atoms with Gasteiger partial charge in [0.15, 0.2) is 0 Å². The first-order valence-electron chi connectivity index (χ1n) is 11.0. The summed E-state index contributed by atoms with van der Waals surface area (Å²) in [5.41, 5.74) is 3.94. The smallest absolute Gasteiger partial charge is 0.321 e. The lowest BCUT2D eigenvalue weighted by Gasteiger charge is -2.18. The average molecular weight is 541 g/mol. The highest BCUT2D eigenvalue weighted by Gasteiger charge is 2.28. The normalized spacial score (nSPS) is 13.2. The van der Waals surface area contributed by atoms with Crippen LogP contribution < -0.4 is 4.72 Å². The Hall–Kier alpha value is -3.02. The predicted molar refractivity (Wildman–Crippen MR) is 143 cm³/mol. The summed E-state index contributed by atoms with van der Waals surface area (Å²) in [6.07, 6.45) is 0.348. The number of rotatable bonds is 11. The summed E-state index contributed by atoms with van der Waals surface area (Å²) in [7, 11) is -4.11. The maximum atomic E-state index is 12.9. The number of sulfonamides is 1. The molecule has 3 aromatic carbocycles. The Labute approximate surface area is 217 Å². The Kier molecular flexibility index (Phi) is 8.55. The first kappa shape index (κ1) is 26.1. The van der Waals surface area contributed by atoms with Gasteiger partial charge in [-0.1, -0.05) is 78.5 Å². The summed E-state index contributed by atoms with van der Waals surface area (Å²) in [5.74, 6) is -1.15. The molecule has 0 saturated heterocycles. The molecule has 0 aliphatic heterocycles. The molecule has 0 spiro atoms. The fraction of sp³-hybridized carbons (Fsp3) is 0.154. The average Bonchev–Trinajstić information content (AvgIpc) is 3.41. The predicted octanol–water partition coefficient (Wildman–Crippen LogP) is 4.75. The van der Waals surface area contributed by atoms with Gasteiger partial charge in [0.1, 0.15) is 10.4 Å². The topological polar surface area (TPSA) is 117 Å². The number of aliphatic carboxylic acids is 1. The number of hydrogen-bond donors (Lipinski definition) is 3. The van der Waals surface area contributed by atoms with E-state index in [1.807, 2.05) is 54.6 Å². The molecule has 4 rings (SSSR count). The highest BCUT2D eigenvalue weighted by molar-refractivity contribution is 8.01. The number of thiazole rings is 1. The summed E-state index contributed by atoms with van der Waals surface area (Å²) in [5, 5.41) is 21.6. The molecule has 2 atom stereocenters. The Morgan fingerprint density at radius 3 is 2.00 bits per heavy atom. The Balaban J connectivity index is 1.41. The van der Waals surface area contributed by atoms with Gasteiger partial charge in [-0.05, 0) is 34.4 Å². The van der Waals surface area contributed by atoms with E-state index < -0.39 is 28.1 Å². The van der Waals surface area contributed by atoms with E-state index in [0.29, 0.717) is 0 Å². The lowest BCUT2D eigenvalue weighted by Crippen LogP contribution is -2.43. The van der Waals surface area contributed by atoms with Crippen molar-refractivity contribution in [3.8, 4) is 22.3 Å². The van der Waals surface area contributed by atoms with Gasteiger partial charge in [0.05, 0.1) is 11.0 Å². The number of nitrogens with one attached hydrogen (secondary N) is 1. The molecule has 10 heteroatoms. The zero-order chi connectivity index (χ0) is 25.5. The van der Waals surface area contributed by atoms with Gasteiger partial charge in [0.25, 0.3) is 0 Å². The van der Waals surface area contributed by atoms with Crippen molar-refractivity contribution in [3.05, 3.63) is 90.4 Å². The molecule has 1 aromatic heterocycles. The van der Waals surface area contributed by atoms with Gasteiger partial charge < -0.3 is 10.2 Å². The van der Waals surface area contributed by atoms with Gasteiger partial charge in [-0.25, -0.2) is 13.4 Å². The molecule has 0 fully saturated rings. The van der Waals surface area contributed by atoms with Crippen LogP contribution in [0.25, 0.3) is 22.3 Å². The van der Waals surface area contributed by atoms with Crippen molar-refractivity contribution >= 4 is 39.1 Å². The molecular weight excluding hydrogens is 516 g/mol. The number of thioether (sulfide) groups is 1. The van der Waals surface area contributed by atoms with Crippen LogP contribution in [0.2, 0.25) is 0 Å². The summed E-state index contributed by atoms with van der Waals surface area (Å²) in [6.45, 7) is 0. The minimum atomic E-state index is -4.11. The number of carbonyl (C=O) groups is 1. The number of carboxylic acids is 1. The Bertz CT molecular complexity index is 1380. The van der Waals surface area contributed by atoms with Gasteiger partial charge in [-0.15, -0.1) is 11.3 Å². The number of hydrogen-bond acceptors (Lipinski definition) is 7. The Morgan fingerprint density at radius 2 is 1.47 bits per heavy atom. The van der Waals surface area contributed by atoms with Gasteiger partial charge >= 0.3 is 5.97 Å². The zero-order valence-electron chi connectivity index (χ0n) is 19.0. The number of nitrogens with zero attached hydrogens (tertiary/aromatic N) is 1. The summed E-state index contributed by atoms with van der Waals surface area (Å²) in [6, 6.07) is 22.7. The van der Waals surface area contributed by atoms with E-state index >= 15 is 0 Å². The van der Waals surface area contributed by atoms with Crippen molar-refractivity contribution < 1.29 is 23.4 Å². The monoisotopic (exact) mass is 540 g/mol. The molecule has 0 bridgehead atoms. The second-order valence-electron chi connectivity index (χ2n) is 7.98. The van der Waals surface area contributed by atoms with E-state index in [-0.39, 0.29) is 17.1 Å². The number of aromatic nitrogens is 1. The number of aliphatic hydroxyl groups is 1. The Morgan fingerprint density at radius 1 is 0.917 bits per heavy atom. The second-order valence-corrected chi connectivity index (χ2v) is 11.9. The van der Waals surface area contributed by atoms with Crippen molar-refractivity contribution in [1.82, 2.24) is 9.71 Å². The maximum absolute atomic E-state index is 12.9. The van der Waals surface area contributed by atoms with Gasteiger partial charge in [0.2, 0.25) is 10.0 Å². The van der Waals surface area contributed by atoms with Crippen molar-refractivity contribution in [1.29, 1.82) is 0 Å². The molecule has 4 aromatic rings. The van der Waals surface area contributed by atoms with E-state index in [1.165, 1.54) is 35.2 Å². The minimum absolute atomic E-state index is 0.0509. The van der Waals surface area contributed by atoms with E-state index in [4.69, 9.17) is 0 Å². The second kappa shape index (κ2) is 11.8. The molecule has 0 aliphatic carbocycles. The first-order valence-corrected chi connectivity index (χ1v) is 14.4. The van der Waals surface area contributed by atoms with Crippen LogP contribution in [0.5, 0.6) is 0 Å². The van der Waals surface area contributed by atoms with Crippen LogP contribution in [0.1, 0.15) is 6.42 Å². The SMILES string of the molecule is O=C(O)C(CC(O)CSc1nccs1)NS(=O)(=O)c1ccc(-c2ccc(-c3ccccc3)cc2)cc1. The van der Waals surface area contributed by atoms with Gasteiger partial charge in [-0.2, -0.15) is 4.72 Å². The molecule has 7 nitrogen and oxygen atoms in total. The lowest BCUT2D eigenvalue weighted by molar-refractivity contribution is -0.139. The molecule has 0 amide bonds. The number of benzene rings is 3. The number of aliphatic hydroxyl groups excluding tert-OH is 1. The third-order valence-electron chi connectivity index (χ3n) is 5.40.